The van der Waals surface area contributed by atoms with Gasteiger partial charge in [0.05, 0.1) is 30.5 Å². The molecule has 0 unspecified atom stereocenters. The second-order valence-electron chi connectivity index (χ2n) is 5.65. The molecule has 0 fully saturated rings. The first-order valence-electron chi connectivity index (χ1n) is 7.96. The van der Waals surface area contributed by atoms with Crippen molar-refractivity contribution < 1.29 is 14.3 Å². The van der Waals surface area contributed by atoms with Crippen LogP contribution in [0.1, 0.15) is 31.9 Å². The van der Waals surface area contributed by atoms with E-state index in [2.05, 4.69) is 10.6 Å². The molecule has 0 aliphatic carbocycles. The van der Waals surface area contributed by atoms with Crippen molar-refractivity contribution in [2.24, 2.45) is 0 Å². The van der Waals surface area contributed by atoms with Crippen LogP contribution in [0.2, 0.25) is 0 Å². The van der Waals surface area contributed by atoms with Gasteiger partial charge in [0.15, 0.2) is 0 Å². The van der Waals surface area contributed by atoms with Crippen molar-refractivity contribution in [1.82, 2.24) is 15.5 Å². The lowest BCUT2D eigenvalue weighted by molar-refractivity contribution is -0.125. The fourth-order valence-electron chi connectivity index (χ4n) is 3.05. The van der Waals surface area contributed by atoms with E-state index in [0.29, 0.717) is 31.0 Å². The molecule has 1 aromatic carbocycles. The number of urea groups is 1. The number of hydrogen-bond acceptors (Lipinski definition) is 3. The van der Waals surface area contributed by atoms with Crippen molar-refractivity contribution in [2.45, 2.75) is 26.3 Å². The molecule has 3 rings (SSSR count). The average Bonchev–Trinajstić information content (AvgIpc) is 2.84. The topological polar surface area (TPSA) is 70.7 Å². The third kappa shape index (κ3) is 2.88. The van der Waals surface area contributed by atoms with Crippen LogP contribution < -0.4 is 15.4 Å². The summed E-state index contributed by atoms with van der Waals surface area (Å²) >= 11 is 0. The molecule has 0 spiro atoms. The Labute approximate surface area is 135 Å². The molecule has 0 aromatic heterocycles. The highest BCUT2D eigenvalue weighted by Gasteiger charge is 2.39. The van der Waals surface area contributed by atoms with Gasteiger partial charge in [-0.15, -0.1) is 0 Å². The summed E-state index contributed by atoms with van der Waals surface area (Å²) in [5.74, 6) is 0.768. The molecule has 6 nitrogen and oxygen atoms in total. The molecule has 2 N–H and O–H groups in total. The number of amides is 3. The first-order chi connectivity index (χ1) is 11.1. The standard InChI is InChI=1S/C17H21N3O3/c1-3-9-20-10-13-14(16(20)21)15(19-17(22)18-13)11-5-7-12(8-6-11)23-4-2/h5-8,15H,3-4,9-10H2,1-2H3,(H2,18,19,22)/t15-/m1/s1. The molecule has 2 aliphatic rings. The van der Waals surface area contributed by atoms with Crippen molar-refractivity contribution in [3.8, 4) is 5.75 Å². The Morgan fingerprint density at radius 2 is 1.96 bits per heavy atom. The van der Waals surface area contributed by atoms with Crippen LogP contribution in [0.5, 0.6) is 5.75 Å². The molecule has 2 aliphatic heterocycles. The van der Waals surface area contributed by atoms with Gasteiger partial charge in [-0.05, 0) is 31.0 Å². The molecule has 23 heavy (non-hydrogen) atoms. The number of ether oxygens (including phenoxy) is 1. The monoisotopic (exact) mass is 315 g/mol. The molecule has 0 bridgehead atoms. The highest BCUT2D eigenvalue weighted by Crippen LogP contribution is 2.33. The molecule has 0 saturated heterocycles. The molecule has 0 radical (unpaired) electrons. The zero-order chi connectivity index (χ0) is 16.4. The lowest BCUT2D eigenvalue weighted by atomic mass is 9.96. The first kappa shape index (κ1) is 15.4. The lowest BCUT2D eigenvalue weighted by Gasteiger charge is -2.25. The number of carbonyl (C=O) groups excluding carboxylic acids is 2. The van der Waals surface area contributed by atoms with Crippen molar-refractivity contribution >= 4 is 11.9 Å². The van der Waals surface area contributed by atoms with E-state index in [0.717, 1.165) is 17.7 Å². The van der Waals surface area contributed by atoms with Crippen LogP contribution in [0.15, 0.2) is 35.5 Å². The number of nitrogens with one attached hydrogen (secondary N) is 2. The van der Waals surface area contributed by atoms with E-state index in [-0.39, 0.29) is 11.9 Å². The van der Waals surface area contributed by atoms with Gasteiger partial charge < -0.3 is 20.3 Å². The molecule has 2 heterocycles. The van der Waals surface area contributed by atoms with Gasteiger partial charge in [0.1, 0.15) is 5.75 Å². The largest absolute Gasteiger partial charge is 0.494 e. The minimum atomic E-state index is -0.413. The summed E-state index contributed by atoms with van der Waals surface area (Å²) in [6.07, 6.45) is 0.890. The van der Waals surface area contributed by atoms with E-state index in [1.54, 1.807) is 4.90 Å². The Bertz CT molecular complexity index is 652. The minimum absolute atomic E-state index is 0.00626. The first-order valence-corrected chi connectivity index (χ1v) is 7.96. The molecule has 1 aromatic rings. The Morgan fingerprint density at radius 1 is 1.22 bits per heavy atom. The van der Waals surface area contributed by atoms with Gasteiger partial charge in [-0.2, -0.15) is 0 Å². The van der Waals surface area contributed by atoms with Gasteiger partial charge >= 0.3 is 6.03 Å². The lowest BCUT2D eigenvalue weighted by Crippen LogP contribution is -2.44. The highest BCUT2D eigenvalue weighted by molar-refractivity contribution is 6.01. The molecule has 1 atom stereocenters. The van der Waals surface area contributed by atoms with Crippen LogP contribution in [0, 0.1) is 0 Å². The molecular formula is C17H21N3O3. The Balaban J connectivity index is 1.90. The van der Waals surface area contributed by atoms with Gasteiger partial charge in [0.25, 0.3) is 5.91 Å². The fourth-order valence-corrected chi connectivity index (χ4v) is 3.05. The maximum atomic E-state index is 12.6. The Morgan fingerprint density at radius 3 is 2.61 bits per heavy atom. The van der Waals surface area contributed by atoms with E-state index in [1.807, 2.05) is 38.1 Å². The SMILES string of the molecule is CCCN1CC2=C(C1=O)[C@@H](c1ccc(OCC)cc1)NC(=O)N2. The maximum Gasteiger partial charge on any atom is 0.319 e. The Hall–Kier alpha value is -2.50. The summed E-state index contributed by atoms with van der Waals surface area (Å²) in [5, 5.41) is 5.62. The molecule has 3 amide bonds. The molecular weight excluding hydrogens is 294 g/mol. The predicted octanol–water partition coefficient (Wildman–Crippen LogP) is 1.95. The van der Waals surface area contributed by atoms with E-state index in [1.165, 1.54) is 0 Å². The smallest absolute Gasteiger partial charge is 0.319 e. The van der Waals surface area contributed by atoms with E-state index >= 15 is 0 Å². The van der Waals surface area contributed by atoms with Gasteiger partial charge in [-0.1, -0.05) is 19.1 Å². The highest BCUT2D eigenvalue weighted by atomic mass is 16.5. The normalized spacial score (nSPS) is 20.3. The summed E-state index contributed by atoms with van der Waals surface area (Å²) in [7, 11) is 0. The quantitative estimate of drug-likeness (QED) is 0.872. The van der Waals surface area contributed by atoms with E-state index < -0.39 is 6.04 Å². The summed E-state index contributed by atoms with van der Waals surface area (Å²) in [6, 6.07) is 6.81. The van der Waals surface area contributed by atoms with E-state index in [4.69, 9.17) is 4.74 Å². The summed E-state index contributed by atoms with van der Waals surface area (Å²) < 4.78 is 5.44. The second-order valence-corrected chi connectivity index (χ2v) is 5.65. The Kier molecular flexibility index (Phi) is 4.23. The number of carbonyl (C=O) groups is 2. The van der Waals surface area contributed by atoms with Crippen molar-refractivity contribution in [1.29, 1.82) is 0 Å². The van der Waals surface area contributed by atoms with Crippen molar-refractivity contribution in [3.63, 3.8) is 0 Å². The number of hydrogen-bond donors (Lipinski definition) is 2. The third-order valence-electron chi connectivity index (χ3n) is 4.04. The van der Waals surface area contributed by atoms with Gasteiger partial charge in [0.2, 0.25) is 0 Å². The average molecular weight is 315 g/mol. The summed E-state index contributed by atoms with van der Waals surface area (Å²) in [5.41, 5.74) is 2.23. The third-order valence-corrected chi connectivity index (χ3v) is 4.04. The van der Waals surface area contributed by atoms with Crippen LogP contribution in [0.25, 0.3) is 0 Å². The fraction of sp³-hybridized carbons (Fsp3) is 0.412. The van der Waals surface area contributed by atoms with Crippen molar-refractivity contribution in [2.75, 3.05) is 19.7 Å². The van der Waals surface area contributed by atoms with Crippen molar-refractivity contribution in [3.05, 3.63) is 41.1 Å². The second kappa shape index (κ2) is 6.32. The molecule has 0 saturated carbocycles. The van der Waals surface area contributed by atoms with E-state index in [9.17, 15) is 9.59 Å². The van der Waals surface area contributed by atoms with Crippen LogP contribution >= 0.6 is 0 Å². The molecule has 122 valence electrons. The minimum Gasteiger partial charge on any atom is -0.494 e. The number of nitrogens with zero attached hydrogens (tertiary/aromatic N) is 1. The molecule has 6 heteroatoms. The predicted molar refractivity (Wildman–Crippen MR) is 85.9 cm³/mol. The van der Waals surface area contributed by atoms with Gasteiger partial charge in [-0.25, -0.2) is 4.79 Å². The zero-order valence-corrected chi connectivity index (χ0v) is 13.4. The summed E-state index contributed by atoms with van der Waals surface area (Å²) in [4.78, 5) is 26.3. The van der Waals surface area contributed by atoms with Crippen LogP contribution in [0.4, 0.5) is 4.79 Å². The zero-order valence-electron chi connectivity index (χ0n) is 13.4. The summed E-state index contributed by atoms with van der Waals surface area (Å²) in [6.45, 7) is 5.73. The van der Waals surface area contributed by atoms with Gasteiger partial charge in [0, 0.05) is 6.54 Å². The number of benzene rings is 1. The van der Waals surface area contributed by atoms with Crippen LogP contribution in [-0.2, 0) is 4.79 Å². The maximum absolute atomic E-state index is 12.6. The van der Waals surface area contributed by atoms with Crippen LogP contribution in [-0.4, -0.2) is 36.5 Å². The number of rotatable bonds is 5. The van der Waals surface area contributed by atoms with Crippen LogP contribution in [0.3, 0.4) is 0 Å². The van der Waals surface area contributed by atoms with Gasteiger partial charge in [-0.3, -0.25) is 4.79 Å².